The molecule has 0 spiro atoms. The molecular weight excluding hydrogens is 281 g/mol. The maximum Gasteiger partial charge on any atom is 0.157 e. The molecule has 1 N–H and O–H groups in total. The number of para-hydroxylation sites is 1. The SMILES string of the molecule is Clc1cc2nc3[nH]c4ccccc4c3nc2cc1Cl. The number of hydrogen-bond acceptors (Lipinski definition) is 2. The molecule has 0 saturated heterocycles. The summed E-state index contributed by atoms with van der Waals surface area (Å²) in [5.74, 6) is 0. The lowest BCUT2D eigenvalue weighted by molar-refractivity contribution is 1.36. The highest BCUT2D eigenvalue weighted by Gasteiger charge is 2.10. The summed E-state index contributed by atoms with van der Waals surface area (Å²) in [6.45, 7) is 0. The third kappa shape index (κ3) is 1.59. The Labute approximate surface area is 118 Å². The van der Waals surface area contributed by atoms with E-state index in [2.05, 4.69) is 15.0 Å². The number of aromatic amines is 1. The lowest BCUT2D eigenvalue weighted by atomic mass is 10.2. The first-order valence-corrected chi connectivity index (χ1v) is 6.51. The Bertz CT molecular complexity index is 944. The molecule has 2 aromatic heterocycles. The van der Waals surface area contributed by atoms with Crippen LogP contribution < -0.4 is 0 Å². The molecule has 4 rings (SSSR count). The first-order valence-electron chi connectivity index (χ1n) is 5.75. The van der Waals surface area contributed by atoms with Crippen molar-refractivity contribution in [2.24, 2.45) is 0 Å². The van der Waals surface area contributed by atoms with Crippen LogP contribution in [0.25, 0.3) is 33.1 Å². The molecule has 2 heterocycles. The molecule has 92 valence electrons. The Morgan fingerprint density at radius 2 is 1.58 bits per heavy atom. The summed E-state index contributed by atoms with van der Waals surface area (Å²) in [4.78, 5) is 12.4. The standard InChI is InChI=1S/C14H7Cl2N3/c15-8-5-11-12(6-9(8)16)19-14-13(17-11)7-3-1-2-4-10(7)18-14/h1-6H,(H,18,19). The van der Waals surface area contributed by atoms with E-state index in [1.165, 1.54) is 0 Å². The fourth-order valence-corrected chi connectivity index (χ4v) is 2.57. The van der Waals surface area contributed by atoms with Gasteiger partial charge < -0.3 is 4.98 Å². The van der Waals surface area contributed by atoms with Gasteiger partial charge in [0.25, 0.3) is 0 Å². The second-order valence-corrected chi connectivity index (χ2v) is 5.16. The minimum atomic E-state index is 0.485. The zero-order valence-electron chi connectivity index (χ0n) is 9.61. The highest BCUT2D eigenvalue weighted by molar-refractivity contribution is 6.42. The van der Waals surface area contributed by atoms with Crippen molar-refractivity contribution in [3.8, 4) is 0 Å². The molecule has 0 aliphatic carbocycles. The summed E-state index contributed by atoms with van der Waals surface area (Å²) in [7, 11) is 0. The molecule has 0 saturated carbocycles. The van der Waals surface area contributed by atoms with Gasteiger partial charge in [-0.25, -0.2) is 9.97 Å². The average molecular weight is 288 g/mol. The van der Waals surface area contributed by atoms with E-state index in [1.807, 2.05) is 24.3 Å². The van der Waals surface area contributed by atoms with Crippen LogP contribution in [0.5, 0.6) is 0 Å². The number of nitrogens with zero attached hydrogens (tertiary/aromatic N) is 2. The summed E-state index contributed by atoms with van der Waals surface area (Å²) < 4.78 is 0. The van der Waals surface area contributed by atoms with Gasteiger partial charge in [-0.15, -0.1) is 0 Å². The second-order valence-electron chi connectivity index (χ2n) is 4.35. The Hall–Kier alpha value is -1.84. The Balaban J connectivity index is 2.21. The monoisotopic (exact) mass is 287 g/mol. The fraction of sp³-hybridized carbons (Fsp3) is 0. The molecule has 3 nitrogen and oxygen atoms in total. The van der Waals surface area contributed by atoms with E-state index in [1.54, 1.807) is 12.1 Å². The minimum Gasteiger partial charge on any atom is -0.338 e. The van der Waals surface area contributed by atoms with Crippen LogP contribution in [0.4, 0.5) is 0 Å². The van der Waals surface area contributed by atoms with Gasteiger partial charge in [-0.05, 0) is 18.2 Å². The number of H-pyrrole nitrogens is 1. The van der Waals surface area contributed by atoms with Crippen molar-refractivity contribution in [2.45, 2.75) is 0 Å². The van der Waals surface area contributed by atoms with Crippen LogP contribution in [-0.2, 0) is 0 Å². The molecule has 0 amide bonds. The number of hydrogen-bond donors (Lipinski definition) is 1. The summed E-state index contributed by atoms with van der Waals surface area (Å²) >= 11 is 12.0. The smallest absolute Gasteiger partial charge is 0.157 e. The topological polar surface area (TPSA) is 41.6 Å². The molecule has 5 heteroatoms. The first kappa shape index (κ1) is 11.0. The van der Waals surface area contributed by atoms with Crippen molar-refractivity contribution in [2.75, 3.05) is 0 Å². The van der Waals surface area contributed by atoms with Crippen LogP contribution in [0.2, 0.25) is 10.0 Å². The lowest BCUT2D eigenvalue weighted by Crippen LogP contribution is -1.86. The number of rotatable bonds is 0. The van der Waals surface area contributed by atoms with Gasteiger partial charge in [-0.1, -0.05) is 41.4 Å². The van der Waals surface area contributed by atoms with Crippen LogP contribution in [0.3, 0.4) is 0 Å². The summed E-state index contributed by atoms with van der Waals surface area (Å²) in [6, 6.07) is 11.5. The molecule has 0 fully saturated rings. The van der Waals surface area contributed by atoms with Gasteiger partial charge in [0.15, 0.2) is 5.65 Å². The van der Waals surface area contributed by atoms with E-state index in [-0.39, 0.29) is 0 Å². The molecule has 0 aliphatic rings. The summed E-state index contributed by atoms with van der Waals surface area (Å²) in [5.41, 5.74) is 4.10. The van der Waals surface area contributed by atoms with Crippen LogP contribution in [-0.4, -0.2) is 15.0 Å². The van der Waals surface area contributed by atoms with Crippen molar-refractivity contribution in [3.05, 3.63) is 46.4 Å². The van der Waals surface area contributed by atoms with Crippen molar-refractivity contribution in [1.82, 2.24) is 15.0 Å². The molecule has 0 radical (unpaired) electrons. The quantitative estimate of drug-likeness (QED) is 0.515. The largest absolute Gasteiger partial charge is 0.338 e. The molecule has 4 aromatic rings. The van der Waals surface area contributed by atoms with E-state index < -0.39 is 0 Å². The normalized spacial score (nSPS) is 11.7. The van der Waals surface area contributed by atoms with E-state index in [9.17, 15) is 0 Å². The van der Waals surface area contributed by atoms with Gasteiger partial charge in [0.1, 0.15) is 5.52 Å². The van der Waals surface area contributed by atoms with Crippen molar-refractivity contribution in [1.29, 1.82) is 0 Å². The van der Waals surface area contributed by atoms with E-state index in [0.717, 1.165) is 33.1 Å². The highest BCUT2D eigenvalue weighted by atomic mass is 35.5. The highest BCUT2D eigenvalue weighted by Crippen LogP contribution is 2.29. The van der Waals surface area contributed by atoms with Gasteiger partial charge in [0.05, 0.1) is 21.1 Å². The number of fused-ring (bicyclic) bond motifs is 4. The predicted octanol–water partition coefficient (Wildman–Crippen LogP) is 4.57. The molecular formula is C14H7Cl2N3. The number of benzene rings is 2. The number of nitrogens with one attached hydrogen (secondary N) is 1. The van der Waals surface area contributed by atoms with Crippen LogP contribution >= 0.6 is 23.2 Å². The Kier molecular flexibility index (Phi) is 2.22. The third-order valence-corrected chi connectivity index (χ3v) is 3.86. The van der Waals surface area contributed by atoms with Gasteiger partial charge in [-0.2, -0.15) is 0 Å². The number of aromatic nitrogens is 3. The average Bonchev–Trinajstić information content (AvgIpc) is 2.75. The zero-order chi connectivity index (χ0) is 13.0. The van der Waals surface area contributed by atoms with Crippen molar-refractivity contribution in [3.63, 3.8) is 0 Å². The molecule has 0 aliphatic heterocycles. The zero-order valence-corrected chi connectivity index (χ0v) is 11.1. The molecule has 0 bridgehead atoms. The Morgan fingerprint density at radius 3 is 2.37 bits per heavy atom. The second kappa shape index (κ2) is 3.83. The van der Waals surface area contributed by atoms with E-state index in [0.29, 0.717) is 10.0 Å². The molecule has 19 heavy (non-hydrogen) atoms. The third-order valence-electron chi connectivity index (χ3n) is 3.14. The summed E-state index contributed by atoms with van der Waals surface area (Å²) in [5, 5.41) is 2.03. The maximum atomic E-state index is 6.02. The van der Waals surface area contributed by atoms with E-state index >= 15 is 0 Å². The van der Waals surface area contributed by atoms with Gasteiger partial charge in [0.2, 0.25) is 0 Å². The van der Waals surface area contributed by atoms with Crippen molar-refractivity contribution < 1.29 is 0 Å². The summed E-state index contributed by atoms with van der Waals surface area (Å²) in [6.07, 6.45) is 0. The fourth-order valence-electron chi connectivity index (χ4n) is 2.25. The van der Waals surface area contributed by atoms with Gasteiger partial charge in [-0.3, -0.25) is 0 Å². The first-order chi connectivity index (χ1) is 9.22. The number of halogens is 2. The molecule has 0 unspecified atom stereocenters. The predicted molar refractivity (Wildman–Crippen MR) is 78.9 cm³/mol. The van der Waals surface area contributed by atoms with Gasteiger partial charge >= 0.3 is 0 Å². The lowest BCUT2D eigenvalue weighted by Gasteiger charge is -2.00. The van der Waals surface area contributed by atoms with Crippen LogP contribution in [0.1, 0.15) is 0 Å². The van der Waals surface area contributed by atoms with E-state index in [4.69, 9.17) is 23.2 Å². The van der Waals surface area contributed by atoms with Gasteiger partial charge in [0, 0.05) is 10.9 Å². The van der Waals surface area contributed by atoms with Crippen LogP contribution in [0.15, 0.2) is 36.4 Å². The van der Waals surface area contributed by atoms with Crippen LogP contribution in [0, 0.1) is 0 Å². The van der Waals surface area contributed by atoms with Crippen molar-refractivity contribution >= 4 is 56.3 Å². The Morgan fingerprint density at radius 1 is 0.895 bits per heavy atom. The minimum absolute atomic E-state index is 0.485. The maximum absolute atomic E-state index is 6.02. The molecule has 0 atom stereocenters. The molecule has 2 aromatic carbocycles.